The number of carbonyl (C=O) groups excluding carboxylic acids is 1. The van der Waals surface area contributed by atoms with E-state index >= 15 is 0 Å². The molecule has 0 saturated heterocycles. The number of benzene rings is 2. The highest BCUT2D eigenvalue weighted by molar-refractivity contribution is 14.1. The van der Waals surface area contributed by atoms with E-state index in [4.69, 9.17) is 14.2 Å². The van der Waals surface area contributed by atoms with Crippen LogP contribution >= 0.6 is 61.1 Å². The zero-order valence-corrected chi connectivity index (χ0v) is 21.7. The van der Waals surface area contributed by atoms with Gasteiger partial charge in [-0.1, -0.05) is 13.3 Å². The quantitative estimate of drug-likeness (QED) is 0.151. The Balaban J connectivity index is 1.90. The molecule has 8 heteroatoms. The first kappa shape index (κ1) is 22.5. The monoisotopic (exact) mass is 681 g/mol. The summed E-state index contributed by atoms with van der Waals surface area (Å²) >= 11 is 7.91. The van der Waals surface area contributed by atoms with Crippen LogP contribution in [0.2, 0.25) is 0 Å². The van der Waals surface area contributed by atoms with E-state index in [0.29, 0.717) is 24.0 Å². The summed E-state index contributed by atoms with van der Waals surface area (Å²) in [6.45, 7) is 2.75. The van der Waals surface area contributed by atoms with Crippen molar-refractivity contribution in [3.8, 4) is 11.5 Å². The predicted molar refractivity (Wildman–Crippen MR) is 134 cm³/mol. The van der Waals surface area contributed by atoms with Gasteiger partial charge in [0.05, 0.1) is 17.3 Å². The summed E-state index contributed by atoms with van der Waals surface area (Å²) in [6, 6.07) is 9.45. The van der Waals surface area contributed by atoms with Gasteiger partial charge in [0.15, 0.2) is 17.2 Å². The summed E-state index contributed by atoms with van der Waals surface area (Å²) in [5, 5.41) is 0. The third kappa shape index (κ3) is 5.52. The lowest BCUT2D eigenvalue weighted by molar-refractivity contribution is -0.129. The first-order chi connectivity index (χ1) is 13.9. The number of hydrogen-bond donors (Lipinski definition) is 0. The minimum Gasteiger partial charge on any atom is -0.493 e. The van der Waals surface area contributed by atoms with Crippen LogP contribution < -0.4 is 9.47 Å². The van der Waals surface area contributed by atoms with Crippen LogP contribution in [0.15, 0.2) is 45.5 Å². The Hall–Kier alpha value is -1.14. The molecular weight excluding hydrogens is 664 g/mol. The normalized spacial score (nSPS) is 14.7. The van der Waals surface area contributed by atoms with Crippen LogP contribution in [0.3, 0.4) is 0 Å². The Labute approximate surface area is 205 Å². The van der Waals surface area contributed by atoms with Gasteiger partial charge in [0, 0.05) is 13.6 Å². The highest BCUT2D eigenvalue weighted by Crippen LogP contribution is 2.35. The lowest BCUT2D eigenvalue weighted by Gasteiger charge is -2.13. The molecule has 29 heavy (non-hydrogen) atoms. The number of unbranched alkanes of at least 4 members (excludes halogenated alkanes) is 1. The Kier molecular flexibility index (Phi) is 7.97. The zero-order chi connectivity index (χ0) is 21.0. The Morgan fingerprint density at radius 2 is 2.00 bits per heavy atom. The number of esters is 1. The van der Waals surface area contributed by atoms with Gasteiger partial charge in [-0.3, -0.25) is 0 Å². The SMILES string of the molecule is CCCCOc1c(I)cc(/C=C2\N=C(c3ccc(I)c(Br)c3)OC2=O)cc1OC. The third-order valence-corrected chi connectivity index (χ3v) is 7.23. The molecule has 2 aromatic rings. The van der Waals surface area contributed by atoms with Crippen LogP contribution in [0, 0.1) is 7.14 Å². The smallest absolute Gasteiger partial charge is 0.363 e. The summed E-state index contributed by atoms with van der Waals surface area (Å²) in [5.74, 6) is 1.15. The fourth-order valence-electron chi connectivity index (χ4n) is 2.60. The number of nitrogens with zero attached hydrogens (tertiary/aromatic N) is 1. The van der Waals surface area contributed by atoms with Crippen molar-refractivity contribution in [3.05, 3.63) is 58.8 Å². The molecule has 1 aliphatic heterocycles. The molecule has 152 valence electrons. The van der Waals surface area contributed by atoms with Crippen LogP contribution in [-0.4, -0.2) is 25.6 Å². The molecule has 5 nitrogen and oxygen atoms in total. The standard InChI is InChI=1S/C21H18BrI2NO4/c1-3-4-7-28-19-16(24)8-12(10-18(19)27-2)9-17-21(26)29-20(25-17)13-5-6-15(23)14(22)11-13/h5-6,8-11H,3-4,7H2,1-2H3/b17-9-. The van der Waals surface area contributed by atoms with E-state index in [1.54, 1.807) is 13.2 Å². The molecule has 3 rings (SSSR count). The van der Waals surface area contributed by atoms with Crippen molar-refractivity contribution >= 4 is 79.1 Å². The van der Waals surface area contributed by atoms with Crippen molar-refractivity contribution in [2.45, 2.75) is 19.8 Å². The van der Waals surface area contributed by atoms with Gasteiger partial charge in [-0.05, 0) is 110 Å². The van der Waals surface area contributed by atoms with Gasteiger partial charge in [0.1, 0.15) is 0 Å². The molecule has 0 bridgehead atoms. The van der Waals surface area contributed by atoms with E-state index in [2.05, 4.69) is 73.0 Å². The summed E-state index contributed by atoms with van der Waals surface area (Å²) in [6.07, 6.45) is 3.73. The first-order valence-corrected chi connectivity index (χ1v) is 11.9. The van der Waals surface area contributed by atoms with Crippen molar-refractivity contribution < 1.29 is 19.0 Å². The highest BCUT2D eigenvalue weighted by atomic mass is 127. The molecule has 0 amide bonds. The van der Waals surface area contributed by atoms with Gasteiger partial charge in [0.25, 0.3) is 0 Å². The number of cyclic esters (lactones) is 1. The topological polar surface area (TPSA) is 57.1 Å². The summed E-state index contributed by atoms with van der Waals surface area (Å²) in [4.78, 5) is 16.7. The number of ether oxygens (including phenoxy) is 3. The van der Waals surface area contributed by atoms with Gasteiger partial charge in [-0.2, -0.15) is 0 Å². The van der Waals surface area contributed by atoms with Gasteiger partial charge in [-0.25, -0.2) is 9.79 Å². The summed E-state index contributed by atoms with van der Waals surface area (Å²) < 4.78 is 19.6. The molecule has 1 aliphatic rings. The van der Waals surface area contributed by atoms with E-state index in [1.165, 1.54) is 0 Å². The number of carbonyl (C=O) groups is 1. The van der Waals surface area contributed by atoms with Crippen LogP contribution in [0.5, 0.6) is 11.5 Å². The van der Waals surface area contributed by atoms with E-state index in [9.17, 15) is 4.79 Å². The van der Waals surface area contributed by atoms with Gasteiger partial charge in [0.2, 0.25) is 5.90 Å². The molecule has 0 saturated carbocycles. The summed E-state index contributed by atoms with van der Waals surface area (Å²) in [7, 11) is 1.60. The second-order valence-electron chi connectivity index (χ2n) is 6.20. The molecule has 0 spiro atoms. The van der Waals surface area contributed by atoms with Crippen LogP contribution in [0.25, 0.3) is 6.08 Å². The largest absolute Gasteiger partial charge is 0.493 e. The maximum Gasteiger partial charge on any atom is 0.363 e. The Morgan fingerprint density at radius 1 is 1.21 bits per heavy atom. The maximum absolute atomic E-state index is 12.3. The maximum atomic E-state index is 12.3. The van der Waals surface area contributed by atoms with E-state index in [1.807, 2.05) is 30.3 Å². The lowest BCUT2D eigenvalue weighted by Crippen LogP contribution is -2.05. The van der Waals surface area contributed by atoms with Crippen LogP contribution in [-0.2, 0) is 9.53 Å². The van der Waals surface area contributed by atoms with Gasteiger partial charge in [-0.15, -0.1) is 0 Å². The second-order valence-corrected chi connectivity index (χ2v) is 9.38. The number of rotatable bonds is 7. The van der Waals surface area contributed by atoms with Gasteiger partial charge < -0.3 is 14.2 Å². The predicted octanol–water partition coefficient (Wildman–Crippen LogP) is 6.19. The van der Waals surface area contributed by atoms with Crippen LogP contribution in [0.1, 0.15) is 30.9 Å². The van der Waals surface area contributed by atoms with Crippen molar-refractivity contribution in [3.63, 3.8) is 0 Å². The molecule has 1 heterocycles. The molecule has 0 aliphatic carbocycles. The van der Waals surface area contributed by atoms with Crippen molar-refractivity contribution in [1.82, 2.24) is 0 Å². The molecular formula is C21H18BrI2NO4. The molecule has 0 fully saturated rings. The van der Waals surface area contributed by atoms with E-state index in [-0.39, 0.29) is 5.70 Å². The molecule has 0 unspecified atom stereocenters. The Bertz CT molecular complexity index is 1000. The number of methoxy groups -OCH3 is 1. The Morgan fingerprint density at radius 3 is 2.69 bits per heavy atom. The third-order valence-electron chi connectivity index (χ3n) is 4.09. The first-order valence-electron chi connectivity index (χ1n) is 8.91. The fourth-order valence-corrected chi connectivity index (χ4v) is 4.10. The average molecular weight is 682 g/mol. The number of halogens is 3. The van der Waals surface area contributed by atoms with E-state index in [0.717, 1.165) is 35.6 Å². The van der Waals surface area contributed by atoms with Crippen LogP contribution in [0.4, 0.5) is 0 Å². The molecule has 0 radical (unpaired) electrons. The minimum atomic E-state index is -0.480. The van der Waals surface area contributed by atoms with Crippen molar-refractivity contribution in [2.75, 3.05) is 13.7 Å². The van der Waals surface area contributed by atoms with Gasteiger partial charge >= 0.3 is 5.97 Å². The molecule has 0 N–H and O–H groups in total. The molecule has 0 aromatic heterocycles. The molecule has 0 atom stereocenters. The summed E-state index contributed by atoms with van der Waals surface area (Å²) in [5.41, 5.74) is 1.77. The minimum absolute atomic E-state index is 0.243. The fraction of sp³-hybridized carbons (Fsp3) is 0.238. The van der Waals surface area contributed by atoms with E-state index < -0.39 is 5.97 Å². The average Bonchev–Trinajstić information content (AvgIpc) is 3.05. The lowest BCUT2D eigenvalue weighted by atomic mass is 10.1. The van der Waals surface area contributed by atoms with Crippen molar-refractivity contribution in [1.29, 1.82) is 0 Å². The number of aliphatic imine (C=N–C) groups is 1. The number of hydrogen-bond acceptors (Lipinski definition) is 5. The zero-order valence-electron chi connectivity index (χ0n) is 15.8. The highest BCUT2D eigenvalue weighted by Gasteiger charge is 2.25. The molecule has 2 aromatic carbocycles. The second kappa shape index (κ2) is 10.3. The van der Waals surface area contributed by atoms with Crippen molar-refractivity contribution in [2.24, 2.45) is 4.99 Å².